The van der Waals surface area contributed by atoms with E-state index in [9.17, 15) is 4.79 Å². The zero-order chi connectivity index (χ0) is 21.4. The van der Waals surface area contributed by atoms with Crippen LogP contribution in [0.2, 0.25) is 0 Å². The van der Waals surface area contributed by atoms with E-state index in [0.717, 1.165) is 40.8 Å². The first-order valence-electron chi connectivity index (χ1n) is 10.2. The Hall–Kier alpha value is -2.72. The fourth-order valence-electron chi connectivity index (χ4n) is 4.08. The minimum Gasteiger partial charge on any atom is -0.487 e. The number of fused-ring (bicyclic) bond motifs is 3. The van der Waals surface area contributed by atoms with Crippen molar-refractivity contribution in [2.45, 2.75) is 19.4 Å². The second-order valence-corrected chi connectivity index (χ2v) is 8.85. The maximum Gasteiger partial charge on any atom is 0.259 e. The Morgan fingerprint density at radius 3 is 2.84 bits per heavy atom. The Kier molecular flexibility index (Phi) is 5.49. The van der Waals surface area contributed by atoms with Crippen molar-refractivity contribution in [3.05, 3.63) is 79.7 Å². The number of aryl methyl sites for hydroxylation is 1. The van der Waals surface area contributed by atoms with Crippen molar-refractivity contribution in [2.75, 3.05) is 13.1 Å². The molecule has 0 radical (unpaired) electrons. The van der Waals surface area contributed by atoms with Gasteiger partial charge in [0.05, 0.1) is 5.69 Å². The van der Waals surface area contributed by atoms with E-state index < -0.39 is 0 Å². The van der Waals surface area contributed by atoms with E-state index in [4.69, 9.17) is 9.72 Å². The largest absolute Gasteiger partial charge is 0.487 e. The van der Waals surface area contributed by atoms with Gasteiger partial charge in [0.15, 0.2) is 0 Å². The molecule has 4 aromatic rings. The lowest BCUT2D eigenvalue weighted by molar-refractivity contribution is 0.300. The summed E-state index contributed by atoms with van der Waals surface area (Å²) >= 11 is 2.21. The average molecular weight is 527 g/mol. The summed E-state index contributed by atoms with van der Waals surface area (Å²) in [6.07, 6.45) is 5.48. The lowest BCUT2D eigenvalue weighted by atomic mass is 10.1. The minimum atomic E-state index is -0.181. The lowest BCUT2D eigenvalue weighted by Gasteiger charge is -2.09. The molecule has 5 heterocycles. The predicted octanol–water partition coefficient (Wildman–Crippen LogP) is 2.99. The molecule has 4 aromatic heterocycles. The molecule has 0 aromatic carbocycles. The molecule has 0 amide bonds. The number of halogens is 1. The highest BCUT2D eigenvalue weighted by Gasteiger charge is 2.18. The first kappa shape index (κ1) is 20.2. The van der Waals surface area contributed by atoms with Gasteiger partial charge in [-0.2, -0.15) is 0 Å². The second-order valence-electron chi connectivity index (χ2n) is 7.60. The quantitative estimate of drug-likeness (QED) is 0.414. The molecule has 0 aliphatic carbocycles. The number of nitrogens with zero attached hydrogens (tertiary/aromatic N) is 4. The zero-order valence-corrected chi connectivity index (χ0v) is 19.3. The van der Waals surface area contributed by atoms with Crippen LogP contribution < -0.4 is 15.6 Å². The highest BCUT2D eigenvalue weighted by atomic mass is 127. The summed E-state index contributed by atoms with van der Waals surface area (Å²) < 4.78 is 10.5. The number of pyridine rings is 3. The van der Waals surface area contributed by atoms with Gasteiger partial charge < -0.3 is 14.6 Å². The van der Waals surface area contributed by atoms with Crippen molar-refractivity contribution < 1.29 is 4.74 Å². The Morgan fingerprint density at radius 2 is 2.03 bits per heavy atom. The molecule has 0 saturated carbocycles. The SMILES string of the molecule is Cn1c2c(c3ccc(-n4ccc(OCc5ccc(I)cn5)cc4=O)nc31)CCNCC2. The summed E-state index contributed by atoms with van der Waals surface area (Å²) in [6, 6.07) is 11.2. The van der Waals surface area contributed by atoms with E-state index in [1.807, 2.05) is 18.2 Å². The third-order valence-corrected chi connectivity index (χ3v) is 6.30. The Morgan fingerprint density at radius 1 is 1.16 bits per heavy atom. The zero-order valence-electron chi connectivity index (χ0n) is 17.1. The van der Waals surface area contributed by atoms with Gasteiger partial charge in [-0.05, 0) is 71.5 Å². The maximum absolute atomic E-state index is 12.8. The second kappa shape index (κ2) is 8.43. The Bertz CT molecular complexity index is 1310. The van der Waals surface area contributed by atoms with Gasteiger partial charge in [0.1, 0.15) is 23.8 Å². The number of hydrogen-bond acceptors (Lipinski definition) is 5. The van der Waals surface area contributed by atoms with Gasteiger partial charge in [-0.1, -0.05) is 0 Å². The molecule has 0 saturated heterocycles. The molecule has 7 nitrogen and oxygen atoms in total. The molecule has 8 heteroatoms. The summed E-state index contributed by atoms with van der Waals surface area (Å²) in [7, 11) is 2.06. The topological polar surface area (TPSA) is 74.0 Å². The van der Waals surface area contributed by atoms with Crippen LogP contribution in [0.4, 0.5) is 0 Å². The van der Waals surface area contributed by atoms with Crippen molar-refractivity contribution in [3.63, 3.8) is 0 Å². The Balaban J connectivity index is 1.42. The number of aromatic nitrogens is 4. The summed E-state index contributed by atoms with van der Waals surface area (Å²) in [5.74, 6) is 1.12. The third kappa shape index (κ3) is 3.97. The van der Waals surface area contributed by atoms with Crippen LogP contribution in [0.25, 0.3) is 16.9 Å². The third-order valence-electron chi connectivity index (χ3n) is 5.66. The van der Waals surface area contributed by atoms with Crippen LogP contribution in [0.3, 0.4) is 0 Å². The lowest BCUT2D eigenvalue weighted by Crippen LogP contribution is -2.18. The summed E-state index contributed by atoms with van der Waals surface area (Å²) in [6.45, 7) is 2.27. The van der Waals surface area contributed by atoms with Crippen molar-refractivity contribution in [1.29, 1.82) is 0 Å². The van der Waals surface area contributed by atoms with Crippen molar-refractivity contribution >= 4 is 33.6 Å². The number of rotatable bonds is 4. The van der Waals surface area contributed by atoms with Crippen LogP contribution in [0.5, 0.6) is 5.75 Å². The van der Waals surface area contributed by atoms with Crippen LogP contribution in [0, 0.1) is 3.57 Å². The summed E-state index contributed by atoms with van der Waals surface area (Å²) in [5, 5.41) is 4.62. The maximum atomic E-state index is 12.8. The molecule has 1 aliphatic rings. The van der Waals surface area contributed by atoms with Crippen molar-refractivity contribution in [3.8, 4) is 11.6 Å². The molecular formula is C23H22IN5O2. The highest BCUT2D eigenvalue weighted by molar-refractivity contribution is 14.1. The molecule has 1 N–H and O–H groups in total. The molecule has 0 unspecified atom stereocenters. The smallest absolute Gasteiger partial charge is 0.259 e. The molecule has 0 bridgehead atoms. The van der Waals surface area contributed by atoms with Crippen molar-refractivity contribution in [2.24, 2.45) is 7.05 Å². The molecule has 5 rings (SSSR count). The van der Waals surface area contributed by atoms with E-state index in [-0.39, 0.29) is 5.56 Å². The van der Waals surface area contributed by atoms with E-state index in [2.05, 4.69) is 50.6 Å². The van der Waals surface area contributed by atoms with Gasteiger partial charge in [-0.3, -0.25) is 14.3 Å². The molecule has 0 fully saturated rings. The first-order chi connectivity index (χ1) is 15.1. The van der Waals surface area contributed by atoms with Gasteiger partial charge in [0.25, 0.3) is 5.56 Å². The molecule has 31 heavy (non-hydrogen) atoms. The fraction of sp³-hybridized carbons (Fsp3) is 0.261. The van der Waals surface area contributed by atoms with E-state index in [1.165, 1.54) is 22.7 Å². The van der Waals surface area contributed by atoms with Gasteiger partial charge in [-0.15, -0.1) is 0 Å². The fourth-order valence-corrected chi connectivity index (χ4v) is 4.40. The van der Waals surface area contributed by atoms with Gasteiger partial charge in [-0.25, -0.2) is 4.98 Å². The molecule has 0 atom stereocenters. The number of ether oxygens (including phenoxy) is 1. The number of hydrogen-bond donors (Lipinski definition) is 1. The van der Waals surface area contributed by atoms with Crippen LogP contribution in [-0.2, 0) is 26.5 Å². The van der Waals surface area contributed by atoms with E-state index in [0.29, 0.717) is 18.2 Å². The number of nitrogens with one attached hydrogen (secondary N) is 1. The normalized spacial score (nSPS) is 13.7. The van der Waals surface area contributed by atoms with Gasteiger partial charge in [0.2, 0.25) is 0 Å². The summed E-state index contributed by atoms with van der Waals surface area (Å²) in [4.78, 5) is 21.9. The van der Waals surface area contributed by atoms with Gasteiger partial charge >= 0.3 is 0 Å². The first-order valence-corrected chi connectivity index (χ1v) is 11.3. The molecular weight excluding hydrogens is 505 g/mol. The van der Waals surface area contributed by atoms with Crippen LogP contribution in [-0.4, -0.2) is 32.2 Å². The monoisotopic (exact) mass is 527 g/mol. The predicted molar refractivity (Wildman–Crippen MR) is 128 cm³/mol. The molecule has 158 valence electrons. The molecule has 1 aliphatic heterocycles. The van der Waals surface area contributed by atoms with E-state index >= 15 is 0 Å². The summed E-state index contributed by atoms with van der Waals surface area (Å²) in [5.41, 5.74) is 4.24. The Labute approximate surface area is 193 Å². The molecule has 0 spiro atoms. The van der Waals surface area contributed by atoms with Gasteiger partial charge in [0, 0.05) is 53.1 Å². The van der Waals surface area contributed by atoms with E-state index in [1.54, 1.807) is 23.0 Å². The van der Waals surface area contributed by atoms with Crippen LogP contribution in [0.15, 0.2) is 53.6 Å². The average Bonchev–Trinajstić information content (AvgIpc) is 2.93. The highest BCUT2D eigenvalue weighted by Crippen LogP contribution is 2.27. The van der Waals surface area contributed by atoms with Crippen LogP contribution >= 0.6 is 22.6 Å². The van der Waals surface area contributed by atoms with Crippen molar-refractivity contribution in [1.82, 2.24) is 24.4 Å². The standard InChI is InChI=1S/C23H22IN5O2/c1-28-20-7-10-25-9-6-18(20)19-4-5-21(27-23(19)28)29-11-8-17(12-22(29)30)31-14-16-3-2-15(24)13-26-16/h2-5,8,11-13,25H,6-7,9-10,14H2,1H3. The van der Waals surface area contributed by atoms with Crippen LogP contribution in [0.1, 0.15) is 17.0 Å². The minimum absolute atomic E-state index is 0.181.